The van der Waals surface area contributed by atoms with Crippen LogP contribution < -0.4 is 10.6 Å². The highest BCUT2D eigenvalue weighted by atomic mass is 32.1. The largest absolute Gasteiger partial charge is 0.390 e. The number of aliphatic hydroxyl groups is 1. The number of aromatic nitrogens is 1. The van der Waals surface area contributed by atoms with Crippen molar-refractivity contribution in [3.05, 3.63) is 111 Å². The molecule has 0 unspecified atom stereocenters. The van der Waals surface area contributed by atoms with E-state index in [1.807, 2.05) is 55.1 Å². The zero-order valence-electron chi connectivity index (χ0n) is 21.8. The molecule has 2 heterocycles. The Kier molecular flexibility index (Phi) is 9.09. The fraction of sp³-hybridized carbons (Fsp3) is 0.300. The molecule has 0 aliphatic heterocycles. The smallest absolute Gasteiger partial charge is 0.254 e. The van der Waals surface area contributed by atoms with E-state index in [0.29, 0.717) is 17.7 Å². The van der Waals surface area contributed by atoms with Gasteiger partial charge in [0.2, 0.25) is 0 Å². The summed E-state index contributed by atoms with van der Waals surface area (Å²) in [6.07, 6.45) is 3.74. The molecule has 0 bridgehead atoms. The van der Waals surface area contributed by atoms with Crippen molar-refractivity contribution in [3.63, 3.8) is 0 Å². The molecule has 0 radical (unpaired) electrons. The number of carbonyl (C=O) groups is 1. The van der Waals surface area contributed by atoms with Gasteiger partial charge in [0, 0.05) is 36.4 Å². The molecule has 3 N–H and O–H groups in total. The van der Waals surface area contributed by atoms with E-state index >= 15 is 0 Å². The van der Waals surface area contributed by atoms with E-state index in [0.717, 1.165) is 33.5 Å². The van der Waals surface area contributed by atoms with Gasteiger partial charge in [-0.05, 0) is 73.2 Å². The Morgan fingerprint density at radius 2 is 1.68 bits per heavy atom. The van der Waals surface area contributed by atoms with E-state index in [2.05, 4.69) is 29.7 Å². The Bertz CT molecular complexity index is 1360. The van der Waals surface area contributed by atoms with Crippen molar-refractivity contribution in [2.45, 2.75) is 52.3 Å². The molecule has 5 nitrogen and oxygen atoms in total. The van der Waals surface area contributed by atoms with Gasteiger partial charge in [-0.25, -0.2) is 8.78 Å². The molecular weight excluding hydrogens is 504 g/mol. The number of benzene rings is 2. The van der Waals surface area contributed by atoms with Crippen LogP contribution in [0.15, 0.2) is 67.0 Å². The van der Waals surface area contributed by atoms with Crippen LogP contribution in [-0.4, -0.2) is 34.3 Å². The molecule has 38 heavy (non-hydrogen) atoms. The normalized spacial score (nSPS) is 12.9. The number of hydrogen-bond donors (Lipinski definition) is 3. The molecule has 2 aromatic carbocycles. The Labute approximate surface area is 226 Å². The van der Waals surface area contributed by atoms with Crippen LogP contribution >= 0.6 is 11.3 Å². The summed E-state index contributed by atoms with van der Waals surface area (Å²) >= 11 is 1.51. The minimum Gasteiger partial charge on any atom is -0.390 e. The van der Waals surface area contributed by atoms with Gasteiger partial charge in [0.05, 0.1) is 17.7 Å². The summed E-state index contributed by atoms with van der Waals surface area (Å²) in [4.78, 5) is 14.6. The number of halogens is 2. The van der Waals surface area contributed by atoms with E-state index in [1.54, 1.807) is 0 Å². The van der Waals surface area contributed by atoms with Crippen LogP contribution in [0, 0.1) is 25.5 Å². The predicted octanol–water partition coefficient (Wildman–Crippen LogP) is 5.49. The van der Waals surface area contributed by atoms with Gasteiger partial charge in [0.1, 0.15) is 16.6 Å². The third-order valence-electron chi connectivity index (χ3n) is 6.67. The van der Waals surface area contributed by atoms with Crippen LogP contribution in [0.4, 0.5) is 8.78 Å². The average Bonchev–Trinajstić information content (AvgIpc) is 3.51. The first-order valence-corrected chi connectivity index (χ1v) is 13.5. The molecule has 1 amide bonds. The van der Waals surface area contributed by atoms with Crippen molar-refractivity contribution < 1.29 is 18.7 Å². The maximum Gasteiger partial charge on any atom is 0.254 e. The van der Waals surface area contributed by atoms with Crippen LogP contribution in [-0.2, 0) is 19.4 Å². The van der Waals surface area contributed by atoms with E-state index in [1.165, 1.54) is 29.0 Å². The van der Waals surface area contributed by atoms with Crippen LogP contribution in [0.2, 0.25) is 0 Å². The quantitative estimate of drug-likeness (QED) is 0.237. The third-order valence-corrected chi connectivity index (χ3v) is 7.89. The second kappa shape index (κ2) is 12.5. The van der Waals surface area contributed by atoms with Gasteiger partial charge < -0.3 is 20.3 Å². The van der Waals surface area contributed by atoms with Crippen LogP contribution in [0.5, 0.6) is 0 Å². The first kappa shape index (κ1) is 27.7. The van der Waals surface area contributed by atoms with Gasteiger partial charge in [-0.2, -0.15) is 0 Å². The molecule has 0 aliphatic rings. The molecule has 0 saturated heterocycles. The molecule has 0 aliphatic carbocycles. The fourth-order valence-corrected chi connectivity index (χ4v) is 5.62. The molecule has 4 aromatic rings. The molecule has 8 heteroatoms. The molecule has 2 atom stereocenters. The lowest BCUT2D eigenvalue weighted by Gasteiger charge is -2.25. The fourth-order valence-electron chi connectivity index (χ4n) is 4.50. The van der Waals surface area contributed by atoms with Crippen LogP contribution in [0.3, 0.4) is 0 Å². The van der Waals surface area contributed by atoms with Gasteiger partial charge in [0.25, 0.3) is 5.91 Å². The molecule has 0 fully saturated rings. The first-order valence-electron chi connectivity index (χ1n) is 12.7. The van der Waals surface area contributed by atoms with E-state index in [9.17, 15) is 18.7 Å². The summed E-state index contributed by atoms with van der Waals surface area (Å²) in [5.41, 5.74) is 4.05. The highest BCUT2D eigenvalue weighted by Gasteiger charge is 2.27. The number of amides is 1. The number of rotatable bonds is 11. The lowest BCUT2D eigenvalue weighted by Crippen LogP contribution is -2.48. The molecule has 2 aromatic heterocycles. The molecular formula is C30H33F2N3O2S. The van der Waals surface area contributed by atoms with E-state index in [4.69, 9.17) is 0 Å². The zero-order valence-corrected chi connectivity index (χ0v) is 22.6. The number of thiophene rings is 1. The maximum atomic E-state index is 13.9. The van der Waals surface area contributed by atoms with Gasteiger partial charge in [0.15, 0.2) is 0 Å². The van der Waals surface area contributed by atoms with Crippen LogP contribution in [0.1, 0.15) is 44.4 Å². The Hall–Kier alpha value is -3.33. The number of aryl methyl sites for hydroxylation is 2. The minimum atomic E-state index is -1.00. The van der Waals surface area contributed by atoms with Crippen LogP contribution in [0.25, 0.3) is 5.00 Å². The Morgan fingerprint density at radius 1 is 1.00 bits per heavy atom. The number of nitrogens with zero attached hydrogens (tertiary/aromatic N) is 1. The van der Waals surface area contributed by atoms with Gasteiger partial charge in [-0.3, -0.25) is 4.79 Å². The van der Waals surface area contributed by atoms with E-state index in [-0.39, 0.29) is 18.9 Å². The summed E-state index contributed by atoms with van der Waals surface area (Å²) in [6, 6.07) is 14.4. The Morgan fingerprint density at radius 3 is 2.37 bits per heavy atom. The standard InChI is InChI=1S/C30H33F2N3O2S/c1-4-21-8-7-9-22(12-21)17-33-18-27(36)26(15-23-13-24(31)16-25(32)14-23)34-29(37)28-19(2)20(3)38-30(28)35-10-5-6-11-35/h5-14,16,26-27,33,36H,4,15,17-18H2,1-3H3,(H,34,37)/t26-,27-/m0/s1. The van der Waals surface area contributed by atoms with Crippen molar-refractivity contribution >= 4 is 17.2 Å². The van der Waals surface area contributed by atoms with Crippen molar-refractivity contribution in [2.75, 3.05) is 6.54 Å². The number of nitrogens with one attached hydrogen (secondary N) is 2. The van der Waals surface area contributed by atoms with Crippen molar-refractivity contribution in [3.8, 4) is 5.00 Å². The van der Waals surface area contributed by atoms with Crippen molar-refractivity contribution in [1.29, 1.82) is 0 Å². The molecule has 4 rings (SSSR count). The maximum absolute atomic E-state index is 13.9. The summed E-state index contributed by atoms with van der Waals surface area (Å²) in [7, 11) is 0. The SMILES string of the molecule is CCc1cccc(CNC[C@H](O)[C@H](Cc2cc(F)cc(F)c2)NC(=O)c2c(-n3cccc3)sc(C)c2C)c1. The van der Waals surface area contributed by atoms with Gasteiger partial charge >= 0.3 is 0 Å². The highest BCUT2D eigenvalue weighted by Crippen LogP contribution is 2.31. The number of aliphatic hydroxyl groups excluding tert-OH is 1. The molecule has 200 valence electrons. The summed E-state index contributed by atoms with van der Waals surface area (Å²) in [5.74, 6) is -1.74. The minimum absolute atomic E-state index is 0.0651. The van der Waals surface area contributed by atoms with Crippen molar-refractivity contribution in [2.24, 2.45) is 0 Å². The number of hydrogen-bond acceptors (Lipinski definition) is 4. The van der Waals surface area contributed by atoms with Gasteiger partial charge in [-0.15, -0.1) is 11.3 Å². The Balaban J connectivity index is 1.54. The second-order valence-electron chi connectivity index (χ2n) is 9.49. The third kappa shape index (κ3) is 6.75. The number of carbonyl (C=O) groups excluding carboxylic acids is 1. The van der Waals surface area contributed by atoms with Crippen molar-refractivity contribution in [1.82, 2.24) is 15.2 Å². The second-order valence-corrected chi connectivity index (χ2v) is 10.7. The monoisotopic (exact) mass is 537 g/mol. The summed E-state index contributed by atoms with van der Waals surface area (Å²) in [6.45, 7) is 6.68. The zero-order chi connectivity index (χ0) is 27.2. The highest BCUT2D eigenvalue weighted by molar-refractivity contribution is 7.15. The van der Waals surface area contributed by atoms with Gasteiger partial charge in [-0.1, -0.05) is 31.2 Å². The summed E-state index contributed by atoms with van der Waals surface area (Å²) < 4.78 is 29.7. The van der Waals surface area contributed by atoms with E-state index < -0.39 is 23.8 Å². The summed E-state index contributed by atoms with van der Waals surface area (Å²) in [5, 5.41) is 18.1. The average molecular weight is 538 g/mol. The lowest BCUT2D eigenvalue weighted by molar-refractivity contribution is 0.0829. The molecule has 0 spiro atoms. The molecule has 0 saturated carbocycles. The lowest BCUT2D eigenvalue weighted by atomic mass is 9.99. The topological polar surface area (TPSA) is 66.3 Å². The first-order chi connectivity index (χ1) is 18.2. The predicted molar refractivity (Wildman–Crippen MR) is 148 cm³/mol.